The van der Waals surface area contributed by atoms with Crippen molar-refractivity contribution in [2.75, 3.05) is 5.32 Å². The summed E-state index contributed by atoms with van der Waals surface area (Å²) in [6, 6.07) is 5.53. The van der Waals surface area contributed by atoms with E-state index in [0.717, 1.165) is 22.2 Å². The fraction of sp³-hybridized carbons (Fsp3) is 0.143. The first-order valence-corrected chi connectivity index (χ1v) is 6.19. The fourth-order valence-corrected chi connectivity index (χ4v) is 2.08. The van der Waals surface area contributed by atoms with Gasteiger partial charge in [-0.1, -0.05) is 0 Å². The van der Waals surface area contributed by atoms with Crippen LogP contribution >= 0.6 is 0 Å². The zero-order chi connectivity index (χ0) is 14.1. The van der Waals surface area contributed by atoms with Crippen LogP contribution < -0.4 is 5.32 Å². The van der Waals surface area contributed by atoms with Crippen LogP contribution in [-0.4, -0.2) is 26.1 Å². The number of carbonyl (C=O) groups is 1. The molecule has 0 bridgehead atoms. The van der Waals surface area contributed by atoms with Crippen molar-refractivity contribution >= 4 is 22.8 Å². The average molecular weight is 267 g/mol. The van der Waals surface area contributed by atoms with Crippen molar-refractivity contribution in [3.63, 3.8) is 0 Å². The van der Waals surface area contributed by atoms with E-state index >= 15 is 0 Å². The summed E-state index contributed by atoms with van der Waals surface area (Å²) in [6.45, 7) is 4.04. The topological polar surface area (TPSA) is 83.6 Å². The minimum Gasteiger partial charge on any atom is -0.358 e. The molecular weight excluding hydrogens is 254 g/mol. The van der Waals surface area contributed by atoms with Crippen LogP contribution in [0.5, 0.6) is 0 Å². The average Bonchev–Trinajstić information content (AvgIpc) is 2.75. The quantitative estimate of drug-likeness (QED) is 0.745. The number of amides is 1. The molecular formula is C14H13N5O. The standard InChI is InChI=1S/C14H13N5O/c1-8-9(2)17-12-4-3-10(7-11(8)12)13(20)18-14-15-5-6-16-19-14/h3-7,17H,1-2H3,(H,15,18,19,20). The Hall–Kier alpha value is -2.76. The van der Waals surface area contributed by atoms with Crippen LogP contribution in [0.1, 0.15) is 21.6 Å². The number of aromatic nitrogens is 4. The van der Waals surface area contributed by atoms with E-state index in [1.54, 1.807) is 6.07 Å². The monoisotopic (exact) mass is 267 g/mol. The normalized spacial score (nSPS) is 10.7. The lowest BCUT2D eigenvalue weighted by atomic mass is 10.1. The highest BCUT2D eigenvalue weighted by Gasteiger charge is 2.11. The summed E-state index contributed by atoms with van der Waals surface area (Å²) in [4.78, 5) is 19.3. The van der Waals surface area contributed by atoms with Crippen LogP contribution in [0.2, 0.25) is 0 Å². The van der Waals surface area contributed by atoms with Crippen LogP contribution in [0.3, 0.4) is 0 Å². The number of benzene rings is 1. The van der Waals surface area contributed by atoms with Gasteiger partial charge in [-0.05, 0) is 37.6 Å². The highest BCUT2D eigenvalue weighted by Crippen LogP contribution is 2.22. The van der Waals surface area contributed by atoms with Crippen molar-refractivity contribution in [2.24, 2.45) is 0 Å². The van der Waals surface area contributed by atoms with Gasteiger partial charge in [0.2, 0.25) is 5.95 Å². The lowest BCUT2D eigenvalue weighted by molar-refractivity contribution is 0.102. The summed E-state index contributed by atoms with van der Waals surface area (Å²) in [6.07, 6.45) is 2.93. The summed E-state index contributed by atoms with van der Waals surface area (Å²) in [5.74, 6) is -0.0577. The number of hydrogen-bond acceptors (Lipinski definition) is 4. The van der Waals surface area contributed by atoms with Gasteiger partial charge in [0.15, 0.2) is 0 Å². The van der Waals surface area contributed by atoms with Gasteiger partial charge in [-0.2, -0.15) is 5.10 Å². The van der Waals surface area contributed by atoms with E-state index in [2.05, 4.69) is 25.5 Å². The minimum atomic E-state index is -0.252. The Morgan fingerprint density at radius 3 is 2.85 bits per heavy atom. The minimum absolute atomic E-state index is 0.194. The molecule has 0 aliphatic heterocycles. The number of hydrogen-bond donors (Lipinski definition) is 2. The first-order valence-electron chi connectivity index (χ1n) is 6.19. The Morgan fingerprint density at radius 2 is 2.10 bits per heavy atom. The summed E-state index contributed by atoms with van der Waals surface area (Å²) < 4.78 is 0. The second-order valence-corrected chi connectivity index (χ2v) is 4.56. The van der Waals surface area contributed by atoms with E-state index in [0.29, 0.717) is 5.56 Å². The Morgan fingerprint density at radius 1 is 1.25 bits per heavy atom. The van der Waals surface area contributed by atoms with E-state index in [4.69, 9.17) is 0 Å². The van der Waals surface area contributed by atoms with Gasteiger partial charge >= 0.3 is 0 Å². The molecule has 0 aliphatic rings. The van der Waals surface area contributed by atoms with E-state index < -0.39 is 0 Å². The molecule has 0 atom stereocenters. The molecule has 2 aromatic heterocycles. The summed E-state index contributed by atoms with van der Waals surface area (Å²) >= 11 is 0. The molecule has 100 valence electrons. The Bertz CT molecular complexity index is 779. The summed E-state index contributed by atoms with van der Waals surface area (Å²) in [7, 11) is 0. The van der Waals surface area contributed by atoms with Gasteiger partial charge in [0.05, 0.1) is 12.4 Å². The molecule has 20 heavy (non-hydrogen) atoms. The number of nitrogens with one attached hydrogen (secondary N) is 2. The van der Waals surface area contributed by atoms with Gasteiger partial charge in [0, 0.05) is 22.2 Å². The number of aromatic amines is 1. The van der Waals surface area contributed by atoms with Crippen molar-refractivity contribution in [2.45, 2.75) is 13.8 Å². The molecule has 2 heterocycles. The predicted molar refractivity (Wildman–Crippen MR) is 75.6 cm³/mol. The molecule has 6 nitrogen and oxygen atoms in total. The molecule has 1 aromatic carbocycles. The molecule has 2 N–H and O–H groups in total. The number of H-pyrrole nitrogens is 1. The maximum absolute atomic E-state index is 12.1. The third-order valence-electron chi connectivity index (χ3n) is 3.28. The number of aryl methyl sites for hydroxylation is 2. The molecule has 3 rings (SSSR count). The number of rotatable bonds is 2. The van der Waals surface area contributed by atoms with E-state index in [1.807, 2.05) is 26.0 Å². The lowest BCUT2D eigenvalue weighted by Gasteiger charge is -2.03. The first-order chi connectivity index (χ1) is 9.65. The van der Waals surface area contributed by atoms with Gasteiger partial charge in [0.25, 0.3) is 5.91 Å². The molecule has 1 amide bonds. The zero-order valence-corrected chi connectivity index (χ0v) is 11.1. The number of carbonyl (C=O) groups excluding carboxylic acids is 1. The molecule has 0 saturated heterocycles. The van der Waals surface area contributed by atoms with Gasteiger partial charge in [-0.25, -0.2) is 4.98 Å². The van der Waals surface area contributed by atoms with Crippen molar-refractivity contribution in [1.82, 2.24) is 20.2 Å². The second-order valence-electron chi connectivity index (χ2n) is 4.56. The van der Waals surface area contributed by atoms with Crippen molar-refractivity contribution in [1.29, 1.82) is 0 Å². The van der Waals surface area contributed by atoms with Crippen molar-refractivity contribution in [3.05, 3.63) is 47.4 Å². The van der Waals surface area contributed by atoms with Crippen LogP contribution in [0, 0.1) is 13.8 Å². The molecule has 0 saturated carbocycles. The maximum Gasteiger partial charge on any atom is 0.258 e. The third kappa shape index (κ3) is 2.11. The van der Waals surface area contributed by atoms with E-state index in [9.17, 15) is 4.79 Å². The van der Waals surface area contributed by atoms with E-state index in [-0.39, 0.29) is 11.9 Å². The van der Waals surface area contributed by atoms with Crippen LogP contribution in [-0.2, 0) is 0 Å². The third-order valence-corrected chi connectivity index (χ3v) is 3.28. The summed E-state index contributed by atoms with van der Waals surface area (Å²) in [5, 5.41) is 11.1. The van der Waals surface area contributed by atoms with Gasteiger partial charge in [-0.3, -0.25) is 10.1 Å². The molecule has 0 unspecified atom stereocenters. The first kappa shape index (κ1) is 12.3. The number of anilines is 1. The SMILES string of the molecule is Cc1[nH]c2ccc(C(=O)Nc3nccnn3)cc2c1C. The molecule has 3 aromatic rings. The number of fused-ring (bicyclic) bond motifs is 1. The highest BCUT2D eigenvalue weighted by molar-refractivity contribution is 6.05. The second kappa shape index (κ2) is 4.73. The van der Waals surface area contributed by atoms with Gasteiger partial charge < -0.3 is 4.98 Å². The molecule has 0 radical (unpaired) electrons. The maximum atomic E-state index is 12.1. The Balaban J connectivity index is 1.94. The molecule has 6 heteroatoms. The van der Waals surface area contributed by atoms with Crippen LogP contribution in [0.15, 0.2) is 30.6 Å². The lowest BCUT2D eigenvalue weighted by Crippen LogP contribution is -2.14. The fourth-order valence-electron chi connectivity index (χ4n) is 2.08. The highest BCUT2D eigenvalue weighted by atomic mass is 16.1. The smallest absolute Gasteiger partial charge is 0.258 e. The van der Waals surface area contributed by atoms with Gasteiger partial charge in [0.1, 0.15) is 0 Å². The largest absolute Gasteiger partial charge is 0.358 e. The Labute approximate surface area is 115 Å². The van der Waals surface area contributed by atoms with Gasteiger partial charge in [-0.15, -0.1) is 5.10 Å². The van der Waals surface area contributed by atoms with Crippen molar-refractivity contribution in [3.8, 4) is 0 Å². The molecule has 0 spiro atoms. The predicted octanol–water partition coefficient (Wildman–Crippen LogP) is 2.22. The Kier molecular flexibility index (Phi) is 2.90. The molecule has 0 aliphatic carbocycles. The zero-order valence-electron chi connectivity index (χ0n) is 11.1. The van der Waals surface area contributed by atoms with Crippen molar-refractivity contribution < 1.29 is 4.79 Å². The molecule has 0 fully saturated rings. The van der Waals surface area contributed by atoms with Crippen LogP contribution in [0.4, 0.5) is 5.95 Å². The summed E-state index contributed by atoms with van der Waals surface area (Å²) in [5.41, 5.74) is 3.83. The van der Waals surface area contributed by atoms with E-state index in [1.165, 1.54) is 12.4 Å². The van der Waals surface area contributed by atoms with Crippen LogP contribution in [0.25, 0.3) is 10.9 Å². The number of nitrogens with zero attached hydrogens (tertiary/aromatic N) is 3.